The van der Waals surface area contributed by atoms with Crippen molar-refractivity contribution >= 4 is 17.3 Å². The summed E-state index contributed by atoms with van der Waals surface area (Å²) >= 11 is 0. The van der Waals surface area contributed by atoms with Crippen LogP contribution in [-0.2, 0) is 0 Å². The molecular weight excluding hydrogens is 288 g/mol. The summed E-state index contributed by atoms with van der Waals surface area (Å²) in [6.45, 7) is 8.63. The zero-order chi connectivity index (χ0) is 17.0. The third-order valence-corrected chi connectivity index (χ3v) is 3.69. The van der Waals surface area contributed by atoms with Crippen molar-refractivity contribution < 1.29 is 9.90 Å². The Morgan fingerprint density at radius 2 is 1.30 bits per heavy atom. The molecule has 0 atom stereocenters. The second-order valence-corrected chi connectivity index (χ2v) is 6.22. The molecule has 0 radical (unpaired) electrons. The minimum atomic E-state index is -0.945. The van der Waals surface area contributed by atoms with Crippen molar-refractivity contribution in [2.24, 2.45) is 10.2 Å². The van der Waals surface area contributed by atoms with E-state index < -0.39 is 5.97 Å². The number of hydrogen-bond acceptors (Lipinski definition) is 3. The molecule has 0 bridgehead atoms. The highest BCUT2D eigenvalue weighted by molar-refractivity contribution is 5.87. The van der Waals surface area contributed by atoms with Gasteiger partial charge in [-0.3, -0.25) is 0 Å². The number of rotatable bonds is 5. The van der Waals surface area contributed by atoms with Crippen LogP contribution in [0.15, 0.2) is 52.7 Å². The Hall–Kier alpha value is -2.49. The van der Waals surface area contributed by atoms with E-state index in [-0.39, 0.29) is 5.56 Å². The van der Waals surface area contributed by atoms with Crippen molar-refractivity contribution in [1.82, 2.24) is 0 Å². The van der Waals surface area contributed by atoms with E-state index in [0.29, 0.717) is 17.5 Å². The van der Waals surface area contributed by atoms with Gasteiger partial charge in [-0.1, -0.05) is 33.8 Å². The normalized spacial score (nSPS) is 11.6. The number of carboxylic acids is 1. The summed E-state index contributed by atoms with van der Waals surface area (Å²) in [5, 5.41) is 17.4. The van der Waals surface area contributed by atoms with Gasteiger partial charge in [0.25, 0.3) is 0 Å². The molecule has 1 N–H and O–H groups in total. The molecule has 0 saturated carbocycles. The molecule has 23 heavy (non-hydrogen) atoms. The van der Waals surface area contributed by atoms with Gasteiger partial charge in [-0.15, -0.1) is 0 Å². The van der Waals surface area contributed by atoms with Crippen molar-refractivity contribution in [3.8, 4) is 0 Å². The van der Waals surface area contributed by atoms with E-state index in [1.165, 1.54) is 23.3 Å². The molecule has 0 aliphatic heterocycles. The van der Waals surface area contributed by atoms with Crippen molar-refractivity contribution in [1.29, 1.82) is 0 Å². The first-order chi connectivity index (χ1) is 10.9. The lowest BCUT2D eigenvalue weighted by Crippen LogP contribution is -1.94. The standard InChI is InChI=1S/C19H22N2O2/c1-12(2)15-9-16(13(3)4)11-18(10-15)21-20-17-7-5-14(6-8-17)19(22)23/h5-13H,1-4H3,(H,22,23)/b21-20+. The fourth-order valence-electron chi connectivity index (χ4n) is 2.17. The zero-order valence-electron chi connectivity index (χ0n) is 13.9. The van der Waals surface area contributed by atoms with Crippen LogP contribution in [0.4, 0.5) is 11.4 Å². The molecule has 4 heteroatoms. The van der Waals surface area contributed by atoms with Crippen LogP contribution < -0.4 is 0 Å². The molecule has 2 aromatic rings. The molecule has 0 saturated heterocycles. The summed E-state index contributed by atoms with van der Waals surface area (Å²) in [7, 11) is 0. The number of azo groups is 1. The van der Waals surface area contributed by atoms with E-state index in [1.807, 2.05) is 12.1 Å². The van der Waals surface area contributed by atoms with Crippen molar-refractivity contribution in [2.45, 2.75) is 39.5 Å². The highest BCUT2D eigenvalue weighted by atomic mass is 16.4. The van der Waals surface area contributed by atoms with Crippen molar-refractivity contribution in [2.75, 3.05) is 0 Å². The summed E-state index contributed by atoms with van der Waals surface area (Å²) < 4.78 is 0. The van der Waals surface area contributed by atoms with Crippen LogP contribution in [-0.4, -0.2) is 11.1 Å². The van der Waals surface area contributed by atoms with Gasteiger partial charge in [0.05, 0.1) is 16.9 Å². The Bertz CT molecular complexity index is 690. The molecule has 0 aliphatic rings. The molecule has 0 spiro atoms. The summed E-state index contributed by atoms with van der Waals surface area (Å²) in [5.74, 6) is -0.0882. The third kappa shape index (κ3) is 4.49. The molecule has 0 heterocycles. The Kier molecular flexibility index (Phi) is 5.27. The number of benzene rings is 2. The van der Waals surface area contributed by atoms with E-state index in [1.54, 1.807) is 12.1 Å². The van der Waals surface area contributed by atoms with Gasteiger partial charge in [0, 0.05) is 0 Å². The van der Waals surface area contributed by atoms with Gasteiger partial charge < -0.3 is 5.11 Å². The van der Waals surface area contributed by atoms with Gasteiger partial charge in [-0.2, -0.15) is 10.2 Å². The lowest BCUT2D eigenvalue weighted by molar-refractivity contribution is 0.0697. The number of carboxylic acid groups (broad SMARTS) is 1. The summed E-state index contributed by atoms with van der Waals surface area (Å²) in [6, 6.07) is 12.7. The SMILES string of the molecule is CC(C)c1cc(/N=N/c2ccc(C(=O)O)cc2)cc(C(C)C)c1. The first-order valence-electron chi connectivity index (χ1n) is 7.77. The number of carbonyl (C=O) groups is 1. The van der Waals surface area contributed by atoms with E-state index in [9.17, 15) is 4.79 Å². The monoisotopic (exact) mass is 310 g/mol. The first-order valence-corrected chi connectivity index (χ1v) is 7.77. The van der Waals surface area contributed by atoms with Gasteiger partial charge in [0.1, 0.15) is 0 Å². The van der Waals surface area contributed by atoms with E-state index >= 15 is 0 Å². The summed E-state index contributed by atoms with van der Waals surface area (Å²) in [5.41, 5.74) is 4.18. The highest BCUT2D eigenvalue weighted by Crippen LogP contribution is 2.28. The minimum Gasteiger partial charge on any atom is -0.478 e. The fraction of sp³-hybridized carbons (Fsp3) is 0.316. The zero-order valence-corrected chi connectivity index (χ0v) is 13.9. The van der Waals surface area contributed by atoms with Gasteiger partial charge >= 0.3 is 5.97 Å². The lowest BCUT2D eigenvalue weighted by atomic mass is 9.95. The molecule has 2 rings (SSSR count). The van der Waals surface area contributed by atoms with Gasteiger partial charge in [-0.05, 0) is 59.4 Å². The second kappa shape index (κ2) is 7.18. The van der Waals surface area contributed by atoms with Crippen LogP contribution in [0.3, 0.4) is 0 Å². The van der Waals surface area contributed by atoms with Crippen LogP contribution >= 0.6 is 0 Å². The topological polar surface area (TPSA) is 62.0 Å². The molecule has 0 fully saturated rings. The van der Waals surface area contributed by atoms with Crippen LogP contribution in [0.1, 0.15) is 61.0 Å². The Morgan fingerprint density at radius 1 is 0.826 bits per heavy atom. The number of aromatic carboxylic acids is 1. The quantitative estimate of drug-likeness (QED) is 0.683. The fourth-order valence-corrected chi connectivity index (χ4v) is 2.17. The molecular formula is C19H22N2O2. The predicted octanol–water partition coefficient (Wildman–Crippen LogP) is 6.05. The van der Waals surface area contributed by atoms with E-state index in [4.69, 9.17) is 5.11 Å². The highest BCUT2D eigenvalue weighted by Gasteiger charge is 2.07. The maximum absolute atomic E-state index is 10.8. The number of nitrogens with zero attached hydrogens (tertiary/aromatic N) is 2. The predicted molar refractivity (Wildman–Crippen MR) is 92.2 cm³/mol. The Labute approximate surface area is 136 Å². The van der Waals surface area contributed by atoms with Crippen LogP contribution in [0.5, 0.6) is 0 Å². The third-order valence-electron chi connectivity index (χ3n) is 3.69. The maximum Gasteiger partial charge on any atom is 0.335 e. The van der Waals surface area contributed by atoms with E-state index in [2.05, 4.69) is 44.0 Å². The van der Waals surface area contributed by atoms with Crippen molar-refractivity contribution in [3.05, 3.63) is 59.2 Å². The lowest BCUT2D eigenvalue weighted by Gasteiger charge is -2.12. The van der Waals surface area contributed by atoms with Gasteiger partial charge in [0.2, 0.25) is 0 Å². The molecule has 0 unspecified atom stereocenters. The molecule has 120 valence electrons. The van der Waals surface area contributed by atoms with Crippen LogP contribution in [0.25, 0.3) is 0 Å². The average Bonchev–Trinajstić information content (AvgIpc) is 2.52. The first kappa shape index (κ1) is 16.9. The summed E-state index contributed by atoms with van der Waals surface area (Å²) in [6.07, 6.45) is 0. The van der Waals surface area contributed by atoms with Gasteiger partial charge in [-0.25, -0.2) is 4.79 Å². The van der Waals surface area contributed by atoms with Gasteiger partial charge in [0.15, 0.2) is 0 Å². The molecule has 4 nitrogen and oxygen atoms in total. The smallest absolute Gasteiger partial charge is 0.335 e. The minimum absolute atomic E-state index is 0.243. The van der Waals surface area contributed by atoms with Crippen molar-refractivity contribution in [3.63, 3.8) is 0 Å². The Morgan fingerprint density at radius 3 is 1.74 bits per heavy atom. The molecule has 0 aromatic heterocycles. The molecule has 2 aromatic carbocycles. The van der Waals surface area contributed by atoms with E-state index in [0.717, 1.165) is 5.69 Å². The molecule has 0 amide bonds. The second-order valence-electron chi connectivity index (χ2n) is 6.22. The van der Waals surface area contributed by atoms with Crippen LogP contribution in [0, 0.1) is 0 Å². The largest absolute Gasteiger partial charge is 0.478 e. The molecule has 0 aliphatic carbocycles. The summed E-state index contributed by atoms with van der Waals surface area (Å²) in [4.78, 5) is 10.8. The van der Waals surface area contributed by atoms with Crippen LogP contribution in [0.2, 0.25) is 0 Å². The Balaban J connectivity index is 2.29. The number of hydrogen-bond donors (Lipinski definition) is 1. The maximum atomic E-state index is 10.8. The average molecular weight is 310 g/mol.